The number of rotatable bonds is 3. The van der Waals surface area contributed by atoms with Gasteiger partial charge in [-0.3, -0.25) is 14.9 Å². The Hall–Kier alpha value is -2.76. The number of nitrogens with one attached hydrogen (secondary N) is 1. The highest BCUT2D eigenvalue weighted by Crippen LogP contribution is 2.33. The number of nitrogens with zero attached hydrogens (tertiary/aromatic N) is 2. The normalized spacial score (nSPS) is 10.3. The highest BCUT2D eigenvalue weighted by atomic mass is 79.9. The first-order chi connectivity index (χ1) is 11.5. The minimum atomic E-state index is -0.493. The summed E-state index contributed by atoms with van der Waals surface area (Å²) < 4.78 is 0.864. The van der Waals surface area contributed by atoms with E-state index in [2.05, 4.69) is 20.9 Å². The zero-order valence-corrected chi connectivity index (χ0v) is 14.3. The van der Waals surface area contributed by atoms with Crippen molar-refractivity contribution in [1.82, 2.24) is 4.98 Å². The molecule has 0 spiro atoms. The van der Waals surface area contributed by atoms with Crippen LogP contribution in [0.3, 0.4) is 0 Å². The van der Waals surface area contributed by atoms with Crippen LogP contribution in [0, 0.1) is 21.4 Å². The summed E-state index contributed by atoms with van der Waals surface area (Å²) in [4.78, 5) is 25.9. The molecule has 3 aromatic rings. The van der Waals surface area contributed by atoms with Crippen LogP contribution in [0.2, 0.25) is 0 Å². The molecule has 0 unspecified atom stereocenters. The van der Waals surface area contributed by atoms with Gasteiger partial charge in [-0.2, -0.15) is 5.26 Å². The molecule has 2 aromatic heterocycles. The summed E-state index contributed by atoms with van der Waals surface area (Å²) >= 11 is 4.77. The van der Waals surface area contributed by atoms with Gasteiger partial charge in [0, 0.05) is 38.1 Å². The Balaban J connectivity index is 2.17. The number of thiophene rings is 1. The van der Waals surface area contributed by atoms with Gasteiger partial charge in [0.2, 0.25) is 0 Å². The predicted molar refractivity (Wildman–Crippen MR) is 94.9 cm³/mol. The van der Waals surface area contributed by atoms with Crippen molar-refractivity contribution in [2.24, 2.45) is 0 Å². The first-order valence-corrected chi connectivity index (χ1v) is 8.33. The second kappa shape index (κ2) is 6.39. The summed E-state index contributed by atoms with van der Waals surface area (Å²) in [5, 5.41) is 21.9. The van der Waals surface area contributed by atoms with Crippen LogP contribution in [0.25, 0.3) is 21.7 Å². The lowest BCUT2D eigenvalue weighted by Crippen LogP contribution is -2.12. The Morgan fingerprint density at radius 3 is 2.50 bits per heavy atom. The van der Waals surface area contributed by atoms with Gasteiger partial charge in [-0.25, -0.2) is 0 Å². The van der Waals surface area contributed by atoms with Crippen LogP contribution in [0.15, 0.2) is 51.0 Å². The van der Waals surface area contributed by atoms with Crippen molar-refractivity contribution in [3.8, 4) is 27.8 Å². The monoisotopic (exact) mass is 401 g/mol. The molecule has 0 aliphatic heterocycles. The number of nitro benzene ring substituents is 1. The molecule has 3 rings (SSSR count). The van der Waals surface area contributed by atoms with E-state index in [1.165, 1.54) is 23.5 Å². The summed E-state index contributed by atoms with van der Waals surface area (Å²) in [5.41, 5.74) is 1.16. The molecule has 6 nitrogen and oxygen atoms in total. The molecule has 1 N–H and O–H groups in total. The Labute approximate surface area is 148 Å². The Bertz CT molecular complexity index is 1030. The lowest BCUT2D eigenvalue weighted by molar-refractivity contribution is -0.384. The van der Waals surface area contributed by atoms with E-state index in [1.807, 2.05) is 17.5 Å². The van der Waals surface area contributed by atoms with Gasteiger partial charge in [0.15, 0.2) is 0 Å². The smallest absolute Gasteiger partial charge is 0.269 e. The summed E-state index contributed by atoms with van der Waals surface area (Å²) in [6.07, 6.45) is 0. The molecule has 0 saturated carbocycles. The number of pyridine rings is 1. The van der Waals surface area contributed by atoms with Crippen molar-refractivity contribution in [2.75, 3.05) is 0 Å². The molecule has 118 valence electrons. The van der Waals surface area contributed by atoms with Crippen molar-refractivity contribution < 1.29 is 4.92 Å². The molecule has 0 aliphatic rings. The van der Waals surface area contributed by atoms with Crippen molar-refractivity contribution in [3.63, 3.8) is 0 Å². The summed E-state index contributed by atoms with van der Waals surface area (Å²) in [5.74, 6) is 0. The summed E-state index contributed by atoms with van der Waals surface area (Å²) in [7, 11) is 0. The second-order valence-electron chi connectivity index (χ2n) is 4.85. The molecular formula is C16H8BrN3O3S. The summed E-state index contributed by atoms with van der Waals surface area (Å²) in [6, 6.07) is 11.3. The second-order valence-corrected chi connectivity index (χ2v) is 6.67. The van der Waals surface area contributed by atoms with Gasteiger partial charge in [0.25, 0.3) is 11.2 Å². The van der Waals surface area contributed by atoms with E-state index in [-0.39, 0.29) is 11.3 Å². The van der Waals surface area contributed by atoms with Crippen LogP contribution in [-0.2, 0) is 0 Å². The zero-order chi connectivity index (χ0) is 17.3. The van der Waals surface area contributed by atoms with Gasteiger partial charge in [0.05, 0.1) is 4.92 Å². The van der Waals surface area contributed by atoms with Gasteiger partial charge < -0.3 is 4.98 Å². The van der Waals surface area contributed by atoms with Crippen molar-refractivity contribution in [1.29, 1.82) is 5.26 Å². The van der Waals surface area contributed by atoms with E-state index in [0.29, 0.717) is 16.8 Å². The van der Waals surface area contributed by atoms with E-state index >= 15 is 0 Å². The molecule has 0 bridgehead atoms. The Kier molecular flexibility index (Phi) is 4.29. The number of hydrogen-bond acceptors (Lipinski definition) is 5. The lowest BCUT2D eigenvalue weighted by Gasteiger charge is -2.06. The third kappa shape index (κ3) is 2.99. The van der Waals surface area contributed by atoms with Crippen LogP contribution < -0.4 is 5.56 Å². The zero-order valence-electron chi connectivity index (χ0n) is 11.9. The van der Waals surface area contributed by atoms with E-state index < -0.39 is 10.5 Å². The van der Waals surface area contributed by atoms with Crippen molar-refractivity contribution in [3.05, 3.63) is 72.3 Å². The topological polar surface area (TPSA) is 99.8 Å². The minimum absolute atomic E-state index is 0.0304. The van der Waals surface area contributed by atoms with Gasteiger partial charge in [-0.15, -0.1) is 11.3 Å². The van der Waals surface area contributed by atoms with E-state index in [1.54, 1.807) is 18.2 Å². The maximum Gasteiger partial charge on any atom is 0.269 e. The van der Waals surface area contributed by atoms with Gasteiger partial charge in [-0.05, 0) is 45.8 Å². The maximum absolute atomic E-state index is 12.2. The quantitative estimate of drug-likeness (QED) is 0.521. The molecule has 0 fully saturated rings. The fourth-order valence-corrected chi connectivity index (χ4v) is 3.69. The number of non-ortho nitro benzene ring substituents is 1. The van der Waals surface area contributed by atoms with E-state index in [0.717, 1.165) is 9.35 Å². The summed E-state index contributed by atoms with van der Waals surface area (Å²) in [6.45, 7) is 0. The lowest BCUT2D eigenvalue weighted by atomic mass is 10.0. The molecule has 2 heterocycles. The van der Waals surface area contributed by atoms with Crippen LogP contribution in [0.5, 0.6) is 0 Å². The molecule has 0 amide bonds. The number of halogens is 1. The predicted octanol–water partition coefficient (Wildman–Crippen LogP) is 4.31. The largest absolute Gasteiger partial charge is 0.321 e. The SMILES string of the molecule is N#Cc1c(-c2cc(Br)cs2)cc(-c2ccc([N+](=O)[O-])cc2)[nH]c1=O. The number of aromatic amines is 1. The molecular weight excluding hydrogens is 394 g/mol. The average molecular weight is 402 g/mol. The standard InChI is InChI=1S/C16H8BrN3O3S/c17-10-5-15(24-8-10)12-6-14(19-16(21)13(12)7-18)9-1-3-11(4-2-9)20(22)23/h1-6,8H,(H,19,21). The highest BCUT2D eigenvalue weighted by molar-refractivity contribution is 9.10. The minimum Gasteiger partial charge on any atom is -0.321 e. The number of hydrogen-bond donors (Lipinski definition) is 1. The molecule has 0 radical (unpaired) electrons. The fourth-order valence-electron chi connectivity index (χ4n) is 2.24. The van der Waals surface area contributed by atoms with Crippen molar-refractivity contribution in [2.45, 2.75) is 0 Å². The number of aromatic nitrogens is 1. The number of nitro groups is 1. The maximum atomic E-state index is 12.2. The van der Waals surface area contributed by atoms with Crippen LogP contribution in [0.4, 0.5) is 5.69 Å². The van der Waals surface area contributed by atoms with Gasteiger partial charge in [0.1, 0.15) is 11.6 Å². The van der Waals surface area contributed by atoms with Gasteiger partial charge >= 0.3 is 0 Å². The third-order valence-electron chi connectivity index (χ3n) is 3.37. The molecule has 0 atom stereocenters. The number of nitriles is 1. The first-order valence-electron chi connectivity index (χ1n) is 6.66. The molecule has 1 aromatic carbocycles. The third-order valence-corrected chi connectivity index (χ3v) is 5.09. The highest BCUT2D eigenvalue weighted by Gasteiger charge is 2.14. The van der Waals surface area contributed by atoms with Crippen LogP contribution in [-0.4, -0.2) is 9.91 Å². The van der Waals surface area contributed by atoms with Crippen LogP contribution >= 0.6 is 27.3 Å². The Morgan fingerprint density at radius 1 is 1.25 bits per heavy atom. The van der Waals surface area contributed by atoms with E-state index in [9.17, 15) is 20.2 Å². The number of benzene rings is 1. The average Bonchev–Trinajstić information content (AvgIpc) is 3.00. The van der Waals surface area contributed by atoms with E-state index in [4.69, 9.17) is 0 Å². The molecule has 0 aliphatic carbocycles. The number of H-pyrrole nitrogens is 1. The first kappa shape index (κ1) is 16.1. The molecule has 24 heavy (non-hydrogen) atoms. The van der Waals surface area contributed by atoms with Gasteiger partial charge in [-0.1, -0.05) is 0 Å². The Morgan fingerprint density at radius 2 is 1.96 bits per heavy atom. The molecule has 0 saturated heterocycles. The van der Waals surface area contributed by atoms with Crippen molar-refractivity contribution >= 4 is 33.0 Å². The fraction of sp³-hybridized carbons (Fsp3) is 0. The molecule has 8 heteroatoms. The van der Waals surface area contributed by atoms with Crippen LogP contribution in [0.1, 0.15) is 5.56 Å².